The fourth-order valence-corrected chi connectivity index (χ4v) is 2.24. The standard InChI is InChI=1S/C16H13ClN2O2/c1-10(20)14-6-4-11(9-19-14)21-15-7-5-13(17)12-3-2-8-18-16(12)15/h2-10,20H,1H3. The number of aliphatic hydroxyl groups is 1. The minimum absolute atomic E-state index is 0.577. The lowest BCUT2D eigenvalue weighted by atomic mass is 10.2. The number of aromatic nitrogens is 2. The number of ether oxygens (including phenoxy) is 1. The highest BCUT2D eigenvalue weighted by atomic mass is 35.5. The van der Waals surface area contributed by atoms with Crippen LogP contribution in [0.5, 0.6) is 11.5 Å². The fourth-order valence-electron chi connectivity index (χ4n) is 2.02. The largest absolute Gasteiger partial charge is 0.453 e. The molecule has 3 aromatic rings. The summed E-state index contributed by atoms with van der Waals surface area (Å²) in [5.74, 6) is 1.19. The summed E-state index contributed by atoms with van der Waals surface area (Å²) in [6, 6.07) is 10.8. The summed E-state index contributed by atoms with van der Waals surface area (Å²) < 4.78 is 5.82. The normalized spacial score (nSPS) is 12.3. The molecule has 0 bridgehead atoms. The maximum absolute atomic E-state index is 9.45. The molecule has 106 valence electrons. The van der Waals surface area contributed by atoms with Crippen LogP contribution >= 0.6 is 11.6 Å². The van der Waals surface area contributed by atoms with Gasteiger partial charge in [0.15, 0.2) is 5.75 Å². The first-order valence-electron chi connectivity index (χ1n) is 6.50. The average Bonchev–Trinajstić information content (AvgIpc) is 2.51. The summed E-state index contributed by atoms with van der Waals surface area (Å²) in [5, 5.41) is 10.9. The number of hydrogen-bond donors (Lipinski definition) is 1. The third kappa shape index (κ3) is 2.82. The topological polar surface area (TPSA) is 55.2 Å². The molecule has 2 aromatic heterocycles. The highest BCUT2D eigenvalue weighted by molar-refractivity contribution is 6.35. The molecule has 0 saturated carbocycles. The Hall–Kier alpha value is -2.17. The van der Waals surface area contributed by atoms with E-state index in [0.717, 1.165) is 5.39 Å². The first-order chi connectivity index (χ1) is 10.1. The lowest BCUT2D eigenvalue weighted by molar-refractivity contribution is 0.194. The molecule has 1 unspecified atom stereocenters. The molecule has 0 aliphatic heterocycles. The summed E-state index contributed by atoms with van der Waals surface area (Å²) in [6.45, 7) is 1.67. The van der Waals surface area contributed by atoms with E-state index in [2.05, 4.69) is 9.97 Å². The average molecular weight is 301 g/mol. The number of aliphatic hydroxyl groups excluding tert-OH is 1. The minimum Gasteiger partial charge on any atom is -0.453 e. The summed E-state index contributed by atoms with van der Waals surface area (Å²) in [6.07, 6.45) is 2.67. The summed E-state index contributed by atoms with van der Waals surface area (Å²) >= 11 is 6.15. The van der Waals surface area contributed by atoms with Gasteiger partial charge in [0, 0.05) is 11.6 Å². The van der Waals surface area contributed by atoms with E-state index in [0.29, 0.717) is 27.7 Å². The van der Waals surface area contributed by atoms with E-state index in [1.54, 1.807) is 43.6 Å². The molecule has 0 spiro atoms. The number of fused-ring (bicyclic) bond motifs is 1. The Balaban J connectivity index is 1.96. The molecule has 4 nitrogen and oxygen atoms in total. The predicted octanol–water partition coefficient (Wildman–Crippen LogP) is 4.13. The molecule has 0 saturated heterocycles. The lowest BCUT2D eigenvalue weighted by Crippen LogP contribution is -1.95. The molecule has 1 atom stereocenters. The van der Waals surface area contributed by atoms with E-state index < -0.39 is 6.10 Å². The van der Waals surface area contributed by atoms with Crippen LogP contribution in [0.2, 0.25) is 5.02 Å². The van der Waals surface area contributed by atoms with Gasteiger partial charge in [0.2, 0.25) is 0 Å². The van der Waals surface area contributed by atoms with Crippen molar-refractivity contribution in [2.24, 2.45) is 0 Å². The van der Waals surface area contributed by atoms with Gasteiger partial charge < -0.3 is 9.84 Å². The van der Waals surface area contributed by atoms with Crippen LogP contribution in [-0.2, 0) is 0 Å². The van der Waals surface area contributed by atoms with E-state index in [1.165, 1.54) is 0 Å². The first-order valence-corrected chi connectivity index (χ1v) is 6.88. The highest BCUT2D eigenvalue weighted by Gasteiger charge is 2.08. The van der Waals surface area contributed by atoms with Gasteiger partial charge in [-0.15, -0.1) is 0 Å². The van der Waals surface area contributed by atoms with Gasteiger partial charge in [0.05, 0.1) is 23.0 Å². The monoisotopic (exact) mass is 300 g/mol. The van der Waals surface area contributed by atoms with Crippen molar-refractivity contribution in [3.8, 4) is 11.5 Å². The Bertz CT molecular complexity index is 773. The zero-order chi connectivity index (χ0) is 14.8. The Morgan fingerprint density at radius 3 is 2.71 bits per heavy atom. The molecule has 0 amide bonds. The van der Waals surface area contributed by atoms with Gasteiger partial charge in [-0.25, -0.2) is 0 Å². The van der Waals surface area contributed by atoms with Gasteiger partial charge in [-0.1, -0.05) is 11.6 Å². The van der Waals surface area contributed by atoms with Crippen LogP contribution in [0, 0.1) is 0 Å². The molecule has 0 fully saturated rings. The lowest BCUT2D eigenvalue weighted by Gasteiger charge is -2.10. The van der Waals surface area contributed by atoms with Crippen LogP contribution in [0.1, 0.15) is 18.7 Å². The summed E-state index contributed by atoms with van der Waals surface area (Å²) in [4.78, 5) is 8.46. The summed E-state index contributed by atoms with van der Waals surface area (Å²) in [5.41, 5.74) is 1.30. The molecule has 0 aliphatic rings. The van der Waals surface area contributed by atoms with Crippen LogP contribution < -0.4 is 4.74 Å². The highest BCUT2D eigenvalue weighted by Crippen LogP contribution is 2.32. The van der Waals surface area contributed by atoms with Crippen LogP contribution in [0.3, 0.4) is 0 Å². The maximum atomic E-state index is 9.45. The third-order valence-corrected chi connectivity index (χ3v) is 3.42. The number of hydrogen-bond acceptors (Lipinski definition) is 4. The van der Waals surface area contributed by atoms with E-state index in [9.17, 15) is 5.11 Å². The van der Waals surface area contributed by atoms with Crippen molar-refractivity contribution < 1.29 is 9.84 Å². The van der Waals surface area contributed by atoms with E-state index in [4.69, 9.17) is 16.3 Å². The molecule has 1 aromatic carbocycles. The van der Waals surface area contributed by atoms with Gasteiger partial charge in [0.1, 0.15) is 11.3 Å². The SMILES string of the molecule is CC(O)c1ccc(Oc2ccc(Cl)c3cccnc23)cn1. The van der Waals surface area contributed by atoms with E-state index in [1.807, 2.05) is 12.1 Å². The molecule has 3 rings (SSSR count). The van der Waals surface area contributed by atoms with Crippen LogP contribution in [0.4, 0.5) is 0 Å². The molecular formula is C16H13ClN2O2. The van der Waals surface area contributed by atoms with Crippen molar-refractivity contribution in [1.82, 2.24) is 9.97 Å². The van der Waals surface area contributed by atoms with Crippen molar-refractivity contribution >= 4 is 22.5 Å². The van der Waals surface area contributed by atoms with Crippen LogP contribution in [0.15, 0.2) is 48.8 Å². The molecule has 5 heteroatoms. The Kier molecular flexibility index (Phi) is 3.73. The van der Waals surface area contributed by atoms with Crippen molar-refractivity contribution in [2.75, 3.05) is 0 Å². The number of nitrogens with zero attached hydrogens (tertiary/aromatic N) is 2. The van der Waals surface area contributed by atoms with Crippen molar-refractivity contribution in [3.63, 3.8) is 0 Å². The molecule has 2 heterocycles. The zero-order valence-corrected chi connectivity index (χ0v) is 12.1. The minimum atomic E-state index is -0.600. The molecule has 21 heavy (non-hydrogen) atoms. The number of halogens is 1. The van der Waals surface area contributed by atoms with Gasteiger partial charge in [0.25, 0.3) is 0 Å². The van der Waals surface area contributed by atoms with Crippen molar-refractivity contribution in [1.29, 1.82) is 0 Å². The Labute approximate surface area is 127 Å². The van der Waals surface area contributed by atoms with Crippen LogP contribution in [0.25, 0.3) is 10.9 Å². The Morgan fingerprint density at radius 2 is 2.00 bits per heavy atom. The Morgan fingerprint density at radius 1 is 1.14 bits per heavy atom. The quantitative estimate of drug-likeness (QED) is 0.790. The van der Waals surface area contributed by atoms with Crippen molar-refractivity contribution in [2.45, 2.75) is 13.0 Å². The van der Waals surface area contributed by atoms with Crippen molar-refractivity contribution in [3.05, 3.63) is 59.5 Å². The molecule has 0 radical (unpaired) electrons. The number of pyridine rings is 2. The molecule has 0 aliphatic carbocycles. The summed E-state index contributed by atoms with van der Waals surface area (Å²) in [7, 11) is 0. The van der Waals surface area contributed by atoms with E-state index >= 15 is 0 Å². The van der Waals surface area contributed by atoms with E-state index in [-0.39, 0.29) is 0 Å². The second kappa shape index (κ2) is 5.68. The van der Waals surface area contributed by atoms with Gasteiger partial charge in [-0.05, 0) is 43.3 Å². The number of rotatable bonds is 3. The molecule has 1 N–H and O–H groups in total. The number of benzene rings is 1. The second-order valence-corrected chi connectivity index (χ2v) is 5.05. The van der Waals surface area contributed by atoms with Gasteiger partial charge in [-0.3, -0.25) is 9.97 Å². The third-order valence-electron chi connectivity index (χ3n) is 3.09. The molecular weight excluding hydrogens is 288 g/mol. The second-order valence-electron chi connectivity index (χ2n) is 4.64. The fraction of sp³-hybridized carbons (Fsp3) is 0.125. The first kappa shape index (κ1) is 13.8. The zero-order valence-electron chi connectivity index (χ0n) is 11.3. The maximum Gasteiger partial charge on any atom is 0.153 e. The predicted molar refractivity (Wildman–Crippen MR) is 81.7 cm³/mol. The van der Waals surface area contributed by atoms with Gasteiger partial charge >= 0.3 is 0 Å². The van der Waals surface area contributed by atoms with Crippen LogP contribution in [-0.4, -0.2) is 15.1 Å². The van der Waals surface area contributed by atoms with Gasteiger partial charge in [-0.2, -0.15) is 0 Å². The smallest absolute Gasteiger partial charge is 0.153 e.